The van der Waals surface area contributed by atoms with Gasteiger partial charge in [-0.15, -0.1) is 42.0 Å². The largest absolute Gasteiger partial charge is 2.00 e. The Kier molecular flexibility index (Phi) is 9.04. The summed E-state index contributed by atoms with van der Waals surface area (Å²) in [6, 6.07) is 25.1. The van der Waals surface area contributed by atoms with Gasteiger partial charge in [0.2, 0.25) is 5.82 Å². The minimum Gasteiger partial charge on any atom is -0.503 e. The first-order chi connectivity index (χ1) is 21.5. The van der Waals surface area contributed by atoms with E-state index in [2.05, 4.69) is 17.1 Å². The summed E-state index contributed by atoms with van der Waals surface area (Å²) in [7, 11) is 1.86. The third-order valence-corrected chi connectivity index (χ3v) is 7.13. The fraction of sp³-hybridized carbons (Fsp3) is 0.143. The van der Waals surface area contributed by atoms with Crippen LogP contribution >= 0.6 is 0 Å². The van der Waals surface area contributed by atoms with Gasteiger partial charge in [-0.1, -0.05) is 57.2 Å². The summed E-state index contributed by atoms with van der Waals surface area (Å²) in [5.41, 5.74) is -0.547. The molecule has 0 amide bonds. The molecule has 6 rings (SSSR count). The molecule has 11 heteroatoms. The van der Waals surface area contributed by atoms with Crippen molar-refractivity contribution in [3.05, 3.63) is 126 Å². The van der Waals surface area contributed by atoms with Crippen molar-refractivity contribution in [1.29, 1.82) is 0 Å². The van der Waals surface area contributed by atoms with Gasteiger partial charge in [0, 0.05) is 47.5 Å². The van der Waals surface area contributed by atoms with E-state index in [1.807, 2.05) is 23.9 Å². The third-order valence-electron chi connectivity index (χ3n) is 7.13. The molecular weight excluding hydrogens is 782 g/mol. The fourth-order valence-corrected chi connectivity index (χ4v) is 5.15. The van der Waals surface area contributed by atoms with E-state index in [4.69, 9.17) is 9.84 Å². The van der Waals surface area contributed by atoms with E-state index in [1.54, 1.807) is 87.6 Å². The number of imidazole rings is 1. The van der Waals surface area contributed by atoms with Crippen LogP contribution in [0.5, 0.6) is 11.5 Å². The second-order valence-electron chi connectivity index (χ2n) is 11.3. The number of hydrogen-bond acceptors (Lipinski definition) is 3. The van der Waals surface area contributed by atoms with E-state index >= 15 is 8.78 Å². The Labute approximate surface area is 276 Å². The number of nitrogens with zero attached hydrogens (tertiary/aromatic N) is 4. The van der Waals surface area contributed by atoms with Gasteiger partial charge >= 0.3 is 21.1 Å². The van der Waals surface area contributed by atoms with Crippen molar-refractivity contribution in [2.45, 2.75) is 26.2 Å². The van der Waals surface area contributed by atoms with Crippen molar-refractivity contribution >= 4 is 0 Å². The van der Waals surface area contributed by atoms with Crippen LogP contribution < -0.4 is 4.74 Å². The van der Waals surface area contributed by atoms with Crippen molar-refractivity contribution in [1.82, 2.24) is 19.3 Å². The molecule has 0 fully saturated rings. The molecule has 2 aromatic heterocycles. The van der Waals surface area contributed by atoms with Crippen LogP contribution in [0.15, 0.2) is 79.1 Å². The van der Waals surface area contributed by atoms with E-state index in [-0.39, 0.29) is 43.8 Å². The maximum atomic E-state index is 15.4. The van der Waals surface area contributed by atoms with Crippen LogP contribution in [0.4, 0.5) is 22.0 Å². The van der Waals surface area contributed by atoms with Crippen LogP contribution in [0.3, 0.4) is 0 Å². The van der Waals surface area contributed by atoms with Crippen molar-refractivity contribution in [3.63, 3.8) is 0 Å². The van der Waals surface area contributed by atoms with E-state index < -0.39 is 40.1 Å². The molecule has 6 aromatic rings. The molecule has 236 valence electrons. The minimum absolute atomic E-state index is 0. The molecule has 0 aliphatic rings. The fourth-order valence-electron chi connectivity index (χ4n) is 5.15. The van der Waals surface area contributed by atoms with Gasteiger partial charge in [0.15, 0.2) is 23.3 Å². The van der Waals surface area contributed by atoms with Gasteiger partial charge in [-0.3, -0.25) is 9.67 Å². The minimum atomic E-state index is -2.23. The number of aromatic nitrogens is 4. The Hall–Kier alpha value is -4.56. The molecule has 2 heterocycles. The van der Waals surface area contributed by atoms with Crippen LogP contribution in [0, 0.1) is 41.2 Å². The van der Waals surface area contributed by atoms with Crippen LogP contribution in [-0.4, -0.2) is 19.3 Å². The van der Waals surface area contributed by atoms with Crippen molar-refractivity contribution in [2.75, 3.05) is 0 Å². The monoisotopic (exact) mass is 807 g/mol. The number of benzene rings is 4. The van der Waals surface area contributed by atoms with Crippen molar-refractivity contribution in [3.8, 4) is 51.0 Å². The number of halogens is 5. The summed E-state index contributed by atoms with van der Waals surface area (Å²) in [5, 5.41) is 4.70. The average Bonchev–Trinajstić information content (AvgIpc) is 3.64. The van der Waals surface area contributed by atoms with Gasteiger partial charge in [-0.05, 0) is 5.69 Å². The molecule has 0 aliphatic carbocycles. The first kappa shape index (κ1) is 32.8. The number of rotatable bonds is 6. The molecule has 4 aromatic carbocycles. The molecule has 0 saturated heterocycles. The van der Waals surface area contributed by atoms with Gasteiger partial charge in [0.25, 0.3) is 0 Å². The molecule has 0 bridgehead atoms. The predicted molar refractivity (Wildman–Crippen MR) is 159 cm³/mol. The Morgan fingerprint density at radius 3 is 1.93 bits per heavy atom. The van der Waals surface area contributed by atoms with Crippen molar-refractivity contribution < 1.29 is 47.8 Å². The second kappa shape index (κ2) is 12.7. The van der Waals surface area contributed by atoms with Crippen molar-refractivity contribution in [2.24, 2.45) is 7.05 Å². The number of ether oxygens (including phenoxy) is 1. The summed E-state index contributed by atoms with van der Waals surface area (Å²) in [6.07, 6.45) is 3.49. The van der Waals surface area contributed by atoms with Crippen LogP contribution in [-0.2, 0) is 33.5 Å². The van der Waals surface area contributed by atoms with E-state index in [0.29, 0.717) is 28.4 Å². The van der Waals surface area contributed by atoms with Gasteiger partial charge in [0.1, 0.15) is 5.69 Å². The van der Waals surface area contributed by atoms with Crippen LogP contribution in [0.2, 0.25) is 0 Å². The Morgan fingerprint density at radius 1 is 0.717 bits per heavy atom. The molecule has 0 spiro atoms. The molecule has 0 saturated carbocycles. The van der Waals surface area contributed by atoms with Gasteiger partial charge < -0.3 is 9.30 Å². The van der Waals surface area contributed by atoms with Gasteiger partial charge in [-0.2, -0.15) is 11.2 Å². The molecule has 0 radical (unpaired) electrons. The molecule has 0 N–H and O–H groups in total. The zero-order chi connectivity index (χ0) is 32.0. The maximum absolute atomic E-state index is 15.4. The van der Waals surface area contributed by atoms with E-state index in [9.17, 15) is 13.2 Å². The summed E-state index contributed by atoms with van der Waals surface area (Å²) in [5.74, 6) is -8.86. The van der Waals surface area contributed by atoms with E-state index in [0.717, 1.165) is 0 Å². The normalized spacial score (nSPS) is 11.4. The van der Waals surface area contributed by atoms with E-state index in [1.165, 1.54) is 4.68 Å². The molecule has 0 atom stereocenters. The number of aryl methyl sites for hydroxylation is 1. The SMILES string of the molecule is Cn1ccnc1-c1[c-]c(Oc2[c-]c(-n3nc(-c4ccccc4)c(-c4c(F)c(F)c(F)c(F)c4F)c3C(C)(C)C)ccc2)ccc1.[Pt+2]. The van der Waals surface area contributed by atoms with Crippen LogP contribution in [0.25, 0.3) is 39.5 Å². The Bertz CT molecular complexity index is 2020. The molecule has 0 unspecified atom stereocenters. The summed E-state index contributed by atoms with van der Waals surface area (Å²) in [4.78, 5) is 4.34. The predicted octanol–water partition coefficient (Wildman–Crippen LogP) is 8.99. The first-order valence-electron chi connectivity index (χ1n) is 13.9. The quantitative estimate of drug-likeness (QED) is 0.0731. The number of hydrogen-bond donors (Lipinski definition) is 0. The summed E-state index contributed by atoms with van der Waals surface area (Å²) >= 11 is 0. The zero-order valence-corrected chi connectivity index (χ0v) is 27.2. The first-order valence-corrected chi connectivity index (χ1v) is 13.9. The standard InChI is InChI=1S/C35H25F5N4O.Pt/c1-35(2,3)33-26(25-27(36)29(38)31(40)30(39)28(25)37)32(20-10-6-5-7-11-20)42-44(33)22-13-9-15-24(19-22)45-23-14-8-12-21(18-23)34-41-16-17-43(34)4;/h5-17H,1-4H3;/q-2;+2. The van der Waals surface area contributed by atoms with Crippen LogP contribution in [0.1, 0.15) is 26.5 Å². The second-order valence-corrected chi connectivity index (χ2v) is 11.3. The Balaban J connectivity index is 0.00000417. The molecule has 46 heavy (non-hydrogen) atoms. The zero-order valence-electron chi connectivity index (χ0n) is 24.9. The molecule has 0 aliphatic heterocycles. The third kappa shape index (κ3) is 5.89. The smallest absolute Gasteiger partial charge is 0.503 e. The van der Waals surface area contributed by atoms with Gasteiger partial charge in [0.05, 0.1) is 17.1 Å². The average molecular weight is 808 g/mol. The van der Waals surface area contributed by atoms with Gasteiger partial charge in [-0.25, -0.2) is 22.0 Å². The molecule has 5 nitrogen and oxygen atoms in total. The maximum Gasteiger partial charge on any atom is 2.00 e. The topological polar surface area (TPSA) is 44.9 Å². The summed E-state index contributed by atoms with van der Waals surface area (Å²) in [6.45, 7) is 5.26. The molecular formula is C35H25F5N4OPt. The Morgan fingerprint density at radius 2 is 1.33 bits per heavy atom. The summed E-state index contributed by atoms with van der Waals surface area (Å²) < 4.78 is 83.4.